The van der Waals surface area contributed by atoms with E-state index in [1.54, 1.807) is 11.8 Å². The minimum absolute atomic E-state index is 0.0199. The van der Waals surface area contributed by atoms with Crippen molar-refractivity contribution >= 4 is 23.4 Å². The van der Waals surface area contributed by atoms with E-state index >= 15 is 0 Å². The number of benzene rings is 2. The summed E-state index contributed by atoms with van der Waals surface area (Å²) >= 11 is 8.09. The second-order valence-electron chi connectivity index (χ2n) is 5.36. The second kappa shape index (κ2) is 5.80. The van der Waals surface area contributed by atoms with E-state index in [0.717, 1.165) is 15.5 Å². The Morgan fingerprint density at radius 1 is 1.10 bits per heavy atom. The summed E-state index contributed by atoms with van der Waals surface area (Å²) in [5.74, 6) is 0. The third kappa shape index (κ3) is 2.88. The van der Waals surface area contributed by atoms with E-state index in [-0.39, 0.29) is 6.04 Å². The first kappa shape index (κ1) is 14.0. The fourth-order valence-corrected chi connectivity index (χ4v) is 3.81. The molecule has 1 aliphatic carbocycles. The normalized spacial score (nSPS) is 15.2. The van der Waals surface area contributed by atoms with Crippen molar-refractivity contribution in [1.82, 2.24) is 0 Å². The van der Waals surface area contributed by atoms with Gasteiger partial charge in [-0.1, -0.05) is 35.5 Å². The molecule has 0 amide bonds. The first-order chi connectivity index (χ1) is 9.63. The van der Waals surface area contributed by atoms with Crippen molar-refractivity contribution in [3.05, 3.63) is 58.1 Å². The Kier molecular flexibility index (Phi) is 4.06. The summed E-state index contributed by atoms with van der Waals surface area (Å²) in [6, 6.07) is 12.9. The van der Waals surface area contributed by atoms with Crippen LogP contribution in [0.4, 0.5) is 0 Å². The summed E-state index contributed by atoms with van der Waals surface area (Å²) in [6.07, 6.45) is 3.72. The highest BCUT2D eigenvalue weighted by molar-refractivity contribution is 7.99. The number of fused-ring (bicyclic) bond motifs is 1. The maximum Gasteiger partial charge on any atom is 0.0548 e. The minimum Gasteiger partial charge on any atom is -0.324 e. The highest BCUT2D eigenvalue weighted by Crippen LogP contribution is 2.36. The maximum atomic E-state index is 6.36. The monoisotopic (exact) mass is 303 g/mol. The lowest BCUT2D eigenvalue weighted by Gasteiger charge is -2.10. The molecule has 0 heterocycles. The molecule has 3 rings (SSSR count). The van der Waals surface area contributed by atoms with Crippen LogP contribution >= 0.6 is 23.4 Å². The first-order valence-corrected chi connectivity index (χ1v) is 8.17. The van der Waals surface area contributed by atoms with Gasteiger partial charge in [-0.25, -0.2) is 0 Å². The molecule has 2 aromatic rings. The van der Waals surface area contributed by atoms with Crippen molar-refractivity contribution in [2.45, 2.75) is 42.0 Å². The molecule has 2 aromatic carbocycles. The molecule has 20 heavy (non-hydrogen) atoms. The predicted octanol–water partition coefficient (Wildman–Crippen LogP) is 5.00. The van der Waals surface area contributed by atoms with E-state index in [4.69, 9.17) is 17.3 Å². The van der Waals surface area contributed by atoms with Gasteiger partial charge in [0.1, 0.15) is 0 Å². The van der Waals surface area contributed by atoms with Gasteiger partial charge in [-0.2, -0.15) is 0 Å². The largest absolute Gasteiger partial charge is 0.324 e. The highest BCUT2D eigenvalue weighted by atomic mass is 35.5. The van der Waals surface area contributed by atoms with Gasteiger partial charge >= 0.3 is 0 Å². The second-order valence-corrected chi connectivity index (χ2v) is 6.89. The molecule has 2 N–H and O–H groups in total. The average Bonchev–Trinajstić information content (AvgIpc) is 2.88. The van der Waals surface area contributed by atoms with Crippen LogP contribution in [0.3, 0.4) is 0 Å². The lowest BCUT2D eigenvalue weighted by Crippen LogP contribution is -2.04. The molecule has 0 aromatic heterocycles. The molecule has 0 bridgehead atoms. The van der Waals surface area contributed by atoms with Crippen molar-refractivity contribution in [1.29, 1.82) is 0 Å². The standard InChI is InChI=1S/C17H18ClNS/c1-11(19)13-6-8-17(16(18)10-13)20-15-7-5-12-3-2-4-14(12)9-15/h5-11H,2-4,19H2,1H3/t11-/m1/s1. The van der Waals surface area contributed by atoms with Crippen LogP contribution in [0, 0.1) is 0 Å². The molecule has 1 nitrogen and oxygen atoms in total. The van der Waals surface area contributed by atoms with Crippen molar-refractivity contribution < 1.29 is 0 Å². The molecule has 1 atom stereocenters. The number of halogens is 1. The Bertz CT molecular complexity index is 637. The molecule has 0 saturated heterocycles. The van der Waals surface area contributed by atoms with Gasteiger partial charge in [0, 0.05) is 15.8 Å². The van der Waals surface area contributed by atoms with Crippen molar-refractivity contribution in [3.8, 4) is 0 Å². The molecular weight excluding hydrogens is 286 g/mol. The van der Waals surface area contributed by atoms with Gasteiger partial charge in [0.25, 0.3) is 0 Å². The Hall–Kier alpha value is -0.960. The molecule has 0 saturated carbocycles. The number of rotatable bonds is 3. The van der Waals surface area contributed by atoms with Crippen LogP contribution in [-0.2, 0) is 12.8 Å². The van der Waals surface area contributed by atoms with Crippen LogP contribution in [0.15, 0.2) is 46.2 Å². The molecule has 3 heteroatoms. The molecule has 0 spiro atoms. The Balaban J connectivity index is 1.84. The zero-order chi connectivity index (χ0) is 14.1. The lowest BCUT2D eigenvalue weighted by molar-refractivity contribution is 0.817. The number of nitrogens with two attached hydrogens (primary N) is 1. The summed E-state index contributed by atoms with van der Waals surface area (Å²) in [4.78, 5) is 2.36. The maximum absolute atomic E-state index is 6.36. The van der Waals surface area contributed by atoms with E-state index in [1.165, 1.54) is 35.3 Å². The van der Waals surface area contributed by atoms with Gasteiger partial charge in [0.15, 0.2) is 0 Å². The quantitative estimate of drug-likeness (QED) is 0.863. The Labute approximate surface area is 129 Å². The molecule has 0 unspecified atom stereocenters. The van der Waals surface area contributed by atoms with Gasteiger partial charge < -0.3 is 5.73 Å². The predicted molar refractivity (Wildman–Crippen MR) is 86.6 cm³/mol. The van der Waals surface area contributed by atoms with Crippen molar-refractivity contribution in [2.75, 3.05) is 0 Å². The fourth-order valence-electron chi connectivity index (χ4n) is 2.62. The zero-order valence-corrected chi connectivity index (χ0v) is 13.1. The topological polar surface area (TPSA) is 26.0 Å². The first-order valence-electron chi connectivity index (χ1n) is 6.98. The summed E-state index contributed by atoms with van der Waals surface area (Å²) in [5, 5.41) is 0.783. The van der Waals surface area contributed by atoms with E-state index in [9.17, 15) is 0 Å². The van der Waals surface area contributed by atoms with Crippen molar-refractivity contribution in [2.24, 2.45) is 5.73 Å². The fraction of sp³-hybridized carbons (Fsp3) is 0.294. The third-order valence-corrected chi connectivity index (χ3v) is 5.27. The van der Waals surface area contributed by atoms with Gasteiger partial charge in [0.2, 0.25) is 0 Å². The van der Waals surface area contributed by atoms with Crippen LogP contribution in [0.2, 0.25) is 5.02 Å². The van der Waals surface area contributed by atoms with Crippen LogP contribution in [0.5, 0.6) is 0 Å². The zero-order valence-electron chi connectivity index (χ0n) is 11.5. The minimum atomic E-state index is 0.0199. The summed E-state index contributed by atoms with van der Waals surface area (Å²) in [6.45, 7) is 1.97. The van der Waals surface area contributed by atoms with Crippen LogP contribution in [0.25, 0.3) is 0 Å². The average molecular weight is 304 g/mol. The third-order valence-electron chi connectivity index (χ3n) is 3.78. The SMILES string of the molecule is C[C@@H](N)c1ccc(Sc2ccc3c(c2)CCC3)c(Cl)c1. The Morgan fingerprint density at radius 3 is 2.65 bits per heavy atom. The van der Waals surface area contributed by atoms with Crippen LogP contribution < -0.4 is 5.73 Å². The van der Waals surface area contributed by atoms with Gasteiger partial charge in [-0.15, -0.1) is 0 Å². The van der Waals surface area contributed by atoms with E-state index < -0.39 is 0 Å². The summed E-state index contributed by atoms with van der Waals surface area (Å²) in [5.41, 5.74) is 9.96. The number of hydrogen-bond acceptors (Lipinski definition) is 2. The molecule has 104 valence electrons. The van der Waals surface area contributed by atoms with Gasteiger partial charge in [-0.05, 0) is 67.1 Å². The molecule has 1 aliphatic rings. The van der Waals surface area contributed by atoms with E-state index in [2.05, 4.69) is 30.3 Å². The summed E-state index contributed by atoms with van der Waals surface area (Å²) in [7, 11) is 0. The summed E-state index contributed by atoms with van der Waals surface area (Å²) < 4.78 is 0. The molecular formula is C17H18ClNS. The number of hydrogen-bond donors (Lipinski definition) is 1. The lowest BCUT2D eigenvalue weighted by atomic mass is 10.1. The van der Waals surface area contributed by atoms with Gasteiger partial charge in [-0.3, -0.25) is 0 Å². The Morgan fingerprint density at radius 2 is 1.90 bits per heavy atom. The molecule has 0 aliphatic heterocycles. The van der Waals surface area contributed by atoms with E-state index in [0.29, 0.717) is 0 Å². The van der Waals surface area contributed by atoms with Gasteiger partial charge in [0.05, 0.1) is 5.02 Å². The smallest absolute Gasteiger partial charge is 0.0548 e. The van der Waals surface area contributed by atoms with Crippen LogP contribution in [-0.4, -0.2) is 0 Å². The van der Waals surface area contributed by atoms with Crippen molar-refractivity contribution in [3.63, 3.8) is 0 Å². The van der Waals surface area contributed by atoms with Crippen LogP contribution in [0.1, 0.15) is 36.1 Å². The highest BCUT2D eigenvalue weighted by Gasteiger charge is 2.12. The van der Waals surface area contributed by atoms with E-state index in [1.807, 2.05) is 13.0 Å². The molecule has 0 radical (unpaired) electrons. The molecule has 0 fully saturated rings. The number of aryl methyl sites for hydroxylation is 2.